The number of rotatable bonds is 0. The first kappa shape index (κ1) is 10.9. The molecule has 94 valence electrons. The second kappa shape index (κ2) is 3.14. The van der Waals surface area contributed by atoms with E-state index >= 15 is 0 Å². The van der Waals surface area contributed by atoms with E-state index < -0.39 is 11.5 Å². The molecule has 0 bridgehead atoms. The van der Waals surface area contributed by atoms with Gasteiger partial charge in [-0.05, 0) is 34.4 Å². The summed E-state index contributed by atoms with van der Waals surface area (Å²) in [6.07, 6.45) is 0. The summed E-state index contributed by atoms with van der Waals surface area (Å²) in [5.74, 6) is -0.343. The van der Waals surface area contributed by atoms with Crippen LogP contribution in [0.4, 0.5) is 0 Å². The summed E-state index contributed by atoms with van der Waals surface area (Å²) < 4.78 is 0. The summed E-state index contributed by atoms with van der Waals surface area (Å²) >= 11 is 0. The minimum absolute atomic E-state index is 0.0593. The second-order valence-corrected chi connectivity index (χ2v) is 5.56. The maximum atomic E-state index is 12.2. The van der Waals surface area contributed by atoms with Gasteiger partial charge in [-0.1, -0.05) is 43.3 Å². The Hall–Kier alpha value is -1.93. The largest absolute Gasteiger partial charge is 0.380 e. The van der Waals surface area contributed by atoms with Crippen molar-refractivity contribution < 1.29 is 9.90 Å². The van der Waals surface area contributed by atoms with Gasteiger partial charge in [0, 0.05) is 5.57 Å². The van der Waals surface area contributed by atoms with E-state index in [2.05, 4.69) is 12.1 Å². The smallest absolute Gasteiger partial charge is 0.165 e. The van der Waals surface area contributed by atoms with Crippen molar-refractivity contribution in [1.29, 1.82) is 0 Å². The zero-order chi connectivity index (χ0) is 13.4. The van der Waals surface area contributed by atoms with Gasteiger partial charge in [-0.25, -0.2) is 0 Å². The van der Waals surface area contributed by atoms with Gasteiger partial charge in [0.25, 0.3) is 0 Å². The number of carbonyl (C=O) groups is 1. The molecule has 0 heterocycles. The maximum absolute atomic E-state index is 12.2. The molecule has 0 saturated carbocycles. The fourth-order valence-corrected chi connectivity index (χ4v) is 3.78. The lowest BCUT2D eigenvalue weighted by Crippen LogP contribution is -2.31. The van der Waals surface area contributed by atoms with Crippen molar-refractivity contribution in [2.45, 2.75) is 19.4 Å². The fourth-order valence-electron chi connectivity index (χ4n) is 3.78. The Balaban J connectivity index is 2.25. The van der Waals surface area contributed by atoms with E-state index in [1.54, 1.807) is 0 Å². The summed E-state index contributed by atoms with van der Waals surface area (Å²) in [4.78, 5) is 12.2. The number of benzene rings is 2. The van der Waals surface area contributed by atoms with Crippen LogP contribution in [0.3, 0.4) is 0 Å². The number of ketones is 1. The van der Waals surface area contributed by atoms with E-state index in [1.165, 1.54) is 0 Å². The molecule has 2 unspecified atom stereocenters. The minimum atomic E-state index is -1.13. The minimum Gasteiger partial charge on any atom is -0.380 e. The van der Waals surface area contributed by atoms with Crippen LogP contribution in [-0.4, -0.2) is 10.9 Å². The van der Waals surface area contributed by atoms with Gasteiger partial charge in [0.15, 0.2) is 5.78 Å². The fraction of sp³-hybridized carbons (Fsp3) is 0.235. The molecule has 2 heteroatoms. The van der Waals surface area contributed by atoms with E-state index in [0.29, 0.717) is 5.57 Å². The van der Waals surface area contributed by atoms with E-state index in [4.69, 9.17) is 0 Å². The second-order valence-electron chi connectivity index (χ2n) is 5.56. The summed E-state index contributed by atoms with van der Waals surface area (Å²) in [7, 11) is 0. The molecule has 2 atom stereocenters. The predicted octanol–water partition coefficient (Wildman–Crippen LogP) is 3.03. The summed E-state index contributed by atoms with van der Waals surface area (Å²) in [6.45, 7) is 3.65. The van der Waals surface area contributed by atoms with Crippen molar-refractivity contribution in [3.63, 3.8) is 0 Å². The predicted molar refractivity (Wildman–Crippen MR) is 74.6 cm³/mol. The van der Waals surface area contributed by atoms with Gasteiger partial charge in [-0.3, -0.25) is 4.79 Å². The highest BCUT2D eigenvalue weighted by Crippen LogP contribution is 2.57. The van der Waals surface area contributed by atoms with Crippen molar-refractivity contribution in [2.75, 3.05) is 0 Å². The van der Waals surface area contributed by atoms with Crippen LogP contribution in [-0.2, 0) is 10.4 Å². The molecule has 1 N–H and O–H groups in total. The topological polar surface area (TPSA) is 37.3 Å². The van der Waals surface area contributed by atoms with Crippen molar-refractivity contribution in [3.8, 4) is 0 Å². The van der Waals surface area contributed by atoms with Crippen molar-refractivity contribution >= 4 is 22.1 Å². The third-order valence-corrected chi connectivity index (χ3v) is 4.73. The zero-order valence-electron chi connectivity index (χ0n) is 10.9. The Bertz CT molecular complexity index is 780. The normalized spacial score (nSPS) is 28.4. The summed E-state index contributed by atoms with van der Waals surface area (Å²) in [5, 5.41) is 13.4. The molecule has 0 saturated heterocycles. The van der Waals surface area contributed by atoms with Gasteiger partial charge in [-0.15, -0.1) is 0 Å². The lowest BCUT2D eigenvalue weighted by Gasteiger charge is -2.26. The molecule has 2 aromatic carbocycles. The third kappa shape index (κ3) is 1.01. The quantitative estimate of drug-likeness (QED) is 0.780. The van der Waals surface area contributed by atoms with Crippen LogP contribution < -0.4 is 0 Å². The molecule has 0 radical (unpaired) electrons. The highest BCUT2D eigenvalue weighted by atomic mass is 16.3. The Morgan fingerprint density at radius 3 is 2.58 bits per heavy atom. The van der Waals surface area contributed by atoms with E-state index in [-0.39, 0.29) is 5.78 Å². The van der Waals surface area contributed by atoms with Gasteiger partial charge in [0.1, 0.15) is 5.60 Å². The number of aliphatic hydroxyl groups is 1. The first-order valence-corrected chi connectivity index (χ1v) is 6.57. The molecule has 0 aromatic heterocycles. The molecule has 0 spiro atoms. The highest BCUT2D eigenvalue weighted by molar-refractivity contribution is 6.18. The van der Waals surface area contributed by atoms with Crippen LogP contribution in [0, 0.1) is 5.92 Å². The monoisotopic (exact) mass is 250 g/mol. The van der Waals surface area contributed by atoms with E-state index in [1.807, 2.05) is 38.1 Å². The average molecular weight is 250 g/mol. The highest BCUT2D eigenvalue weighted by Gasteiger charge is 2.54. The van der Waals surface area contributed by atoms with Gasteiger partial charge in [-0.2, -0.15) is 0 Å². The Morgan fingerprint density at radius 2 is 1.84 bits per heavy atom. The first-order valence-electron chi connectivity index (χ1n) is 6.57. The molecule has 0 fully saturated rings. The molecule has 0 amide bonds. The van der Waals surface area contributed by atoms with Crippen LogP contribution >= 0.6 is 0 Å². The Labute approximate surface area is 111 Å². The lowest BCUT2D eigenvalue weighted by atomic mass is 9.83. The van der Waals surface area contributed by atoms with Crippen molar-refractivity contribution in [1.82, 2.24) is 0 Å². The number of Topliss-reactive ketones (excluding diaryl/α,β-unsaturated/α-hetero) is 1. The van der Waals surface area contributed by atoms with Crippen LogP contribution in [0.15, 0.2) is 42.0 Å². The summed E-state index contributed by atoms with van der Waals surface area (Å²) in [6, 6.07) is 12.0. The lowest BCUT2D eigenvalue weighted by molar-refractivity contribution is -0.122. The molecule has 2 nitrogen and oxygen atoms in total. The van der Waals surface area contributed by atoms with Gasteiger partial charge in [0.05, 0.1) is 5.92 Å². The molecular formula is C17H14O2. The molecule has 0 aliphatic heterocycles. The molecular weight excluding hydrogens is 236 g/mol. The Morgan fingerprint density at radius 1 is 1.16 bits per heavy atom. The van der Waals surface area contributed by atoms with Gasteiger partial charge < -0.3 is 5.11 Å². The molecule has 4 rings (SSSR count). The molecule has 2 aromatic rings. The van der Waals surface area contributed by atoms with Crippen LogP contribution in [0.2, 0.25) is 0 Å². The first-order chi connectivity index (χ1) is 9.06. The zero-order valence-corrected chi connectivity index (χ0v) is 10.9. The molecule has 2 aliphatic carbocycles. The van der Waals surface area contributed by atoms with Crippen molar-refractivity contribution in [3.05, 3.63) is 53.1 Å². The number of hydrogen-bond donors (Lipinski definition) is 1. The van der Waals surface area contributed by atoms with E-state index in [9.17, 15) is 9.90 Å². The van der Waals surface area contributed by atoms with Crippen LogP contribution in [0.25, 0.3) is 16.3 Å². The SMILES string of the molecule is CC1=C2c3cccc4cccc(c34)C2(O)C(C)C1=O. The average Bonchev–Trinajstić information content (AvgIpc) is 2.78. The van der Waals surface area contributed by atoms with Crippen molar-refractivity contribution in [2.24, 2.45) is 5.92 Å². The number of carbonyl (C=O) groups excluding carboxylic acids is 1. The standard InChI is InChI=1S/C17H14O2/c1-9-15-12-7-3-5-11-6-4-8-13(14(11)12)17(15,19)10(2)16(9)18/h3-8,10,19H,1-2H3. The van der Waals surface area contributed by atoms with E-state index in [0.717, 1.165) is 27.5 Å². The van der Waals surface area contributed by atoms with Gasteiger partial charge >= 0.3 is 0 Å². The number of allylic oxidation sites excluding steroid dienone is 1. The van der Waals surface area contributed by atoms with Gasteiger partial charge in [0.2, 0.25) is 0 Å². The van der Waals surface area contributed by atoms with Crippen LogP contribution in [0.1, 0.15) is 25.0 Å². The number of fused-ring (bicyclic) bond motifs is 3. The van der Waals surface area contributed by atoms with Crippen LogP contribution in [0.5, 0.6) is 0 Å². The Kier molecular flexibility index (Phi) is 1.81. The third-order valence-electron chi connectivity index (χ3n) is 4.73. The maximum Gasteiger partial charge on any atom is 0.165 e. The number of hydrogen-bond acceptors (Lipinski definition) is 2. The molecule has 19 heavy (non-hydrogen) atoms. The molecule has 2 aliphatic rings. The summed E-state index contributed by atoms with van der Waals surface area (Å²) in [5.41, 5.74) is 2.29.